The molecule has 0 aliphatic carbocycles. The minimum Gasteiger partial charge on any atom is -0.489 e. The van der Waals surface area contributed by atoms with E-state index in [1.54, 1.807) is 12.1 Å². The standard InChI is InChI=1S/C28H35N5O4/c1-19(2)31-14-12-30(13-15-31)16-20-6-8-21(9-7-20)18-37-25-5-3-4-22-23(25)17-32(27(22)35)24-10-11-26(34)33(29)28(24)36/h3-9,19,24H,10-18,29H2,1-2H3. The maximum Gasteiger partial charge on any atom is 0.266 e. The Labute approximate surface area is 217 Å². The van der Waals surface area contributed by atoms with Gasteiger partial charge in [-0.25, -0.2) is 10.9 Å². The van der Waals surface area contributed by atoms with E-state index in [4.69, 9.17) is 10.6 Å². The first-order valence-electron chi connectivity index (χ1n) is 13.0. The third-order valence-electron chi connectivity index (χ3n) is 7.71. The molecular weight excluding hydrogens is 470 g/mol. The van der Waals surface area contributed by atoms with Gasteiger partial charge in [-0.15, -0.1) is 0 Å². The summed E-state index contributed by atoms with van der Waals surface area (Å²) in [7, 11) is 0. The summed E-state index contributed by atoms with van der Waals surface area (Å²) in [5.41, 5.74) is 3.62. The van der Waals surface area contributed by atoms with E-state index in [-0.39, 0.29) is 25.3 Å². The largest absolute Gasteiger partial charge is 0.489 e. The molecule has 196 valence electrons. The summed E-state index contributed by atoms with van der Waals surface area (Å²) in [5, 5.41) is 0.636. The van der Waals surface area contributed by atoms with Gasteiger partial charge in [-0.05, 0) is 43.5 Å². The third kappa shape index (κ3) is 5.25. The summed E-state index contributed by atoms with van der Waals surface area (Å²) < 4.78 is 6.14. The lowest BCUT2D eigenvalue weighted by Crippen LogP contribution is -2.57. The van der Waals surface area contributed by atoms with Crippen molar-refractivity contribution in [3.8, 4) is 5.75 Å². The SMILES string of the molecule is CC(C)N1CCN(Cc2ccc(COc3cccc4c3CN(C3CCC(=O)N(N)C3=O)C4=O)cc2)CC1. The number of fused-ring (bicyclic) bond motifs is 1. The van der Waals surface area contributed by atoms with Gasteiger partial charge in [0.25, 0.3) is 11.8 Å². The second-order valence-corrected chi connectivity index (χ2v) is 10.4. The number of nitrogens with two attached hydrogens (primary N) is 1. The van der Waals surface area contributed by atoms with Crippen LogP contribution in [0.1, 0.15) is 53.7 Å². The lowest BCUT2D eigenvalue weighted by atomic mass is 10.0. The first kappa shape index (κ1) is 25.4. The van der Waals surface area contributed by atoms with E-state index < -0.39 is 17.9 Å². The van der Waals surface area contributed by atoms with Crippen LogP contribution in [0.4, 0.5) is 0 Å². The normalized spacial score (nSPS) is 21.2. The number of imide groups is 1. The molecule has 0 saturated carbocycles. The Kier molecular flexibility index (Phi) is 7.28. The fourth-order valence-electron chi connectivity index (χ4n) is 5.39. The van der Waals surface area contributed by atoms with E-state index in [1.807, 2.05) is 6.07 Å². The third-order valence-corrected chi connectivity index (χ3v) is 7.71. The molecule has 2 N–H and O–H groups in total. The maximum atomic E-state index is 13.1. The molecule has 0 bridgehead atoms. The van der Waals surface area contributed by atoms with Crippen molar-refractivity contribution >= 4 is 17.7 Å². The highest BCUT2D eigenvalue weighted by molar-refractivity contribution is 6.05. The zero-order valence-corrected chi connectivity index (χ0v) is 21.6. The molecule has 2 saturated heterocycles. The molecule has 2 aromatic rings. The Morgan fingerprint density at radius 2 is 1.68 bits per heavy atom. The van der Waals surface area contributed by atoms with Gasteiger partial charge in [-0.2, -0.15) is 0 Å². The molecule has 2 aromatic carbocycles. The zero-order chi connectivity index (χ0) is 26.1. The number of hydrazine groups is 1. The van der Waals surface area contributed by atoms with Crippen LogP contribution in [0, 0.1) is 0 Å². The number of piperazine rings is 1. The molecule has 0 radical (unpaired) electrons. The summed E-state index contributed by atoms with van der Waals surface area (Å²) >= 11 is 0. The lowest BCUT2D eigenvalue weighted by molar-refractivity contribution is -0.152. The molecule has 9 heteroatoms. The molecule has 2 fully saturated rings. The second kappa shape index (κ2) is 10.6. The summed E-state index contributed by atoms with van der Waals surface area (Å²) in [6, 6.07) is 13.7. The minimum atomic E-state index is -0.739. The molecule has 3 aliphatic rings. The van der Waals surface area contributed by atoms with E-state index in [1.165, 1.54) is 10.5 Å². The van der Waals surface area contributed by atoms with Gasteiger partial charge in [-0.1, -0.05) is 30.3 Å². The smallest absolute Gasteiger partial charge is 0.266 e. The predicted molar refractivity (Wildman–Crippen MR) is 138 cm³/mol. The van der Waals surface area contributed by atoms with Crippen LogP contribution in [0.25, 0.3) is 0 Å². The fourth-order valence-corrected chi connectivity index (χ4v) is 5.39. The summed E-state index contributed by atoms with van der Waals surface area (Å²) in [6.45, 7) is 10.5. The molecule has 1 atom stereocenters. The second-order valence-electron chi connectivity index (χ2n) is 10.4. The fraction of sp³-hybridized carbons (Fsp3) is 0.464. The number of amides is 3. The number of carbonyl (C=O) groups excluding carboxylic acids is 3. The molecule has 5 rings (SSSR count). The van der Waals surface area contributed by atoms with Crippen molar-refractivity contribution in [3.05, 3.63) is 64.7 Å². The Morgan fingerprint density at radius 1 is 0.973 bits per heavy atom. The Balaban J connectivity index is 1.19. The highest BCUT2D eigenvalue weighted by Gasteiger charge is 2.42. The van der Waals surface area contributed by atoms with E-state index in [9.17, 15) is 14.4 Å². The Morgan fingerprint density at radius 3 is 2.38 bits per heavy atom. The summed E-state index contributed by atoms with van der Waals surface area (Å²) in [5.74, 6) is 5.05. The van der Waals surface area contributed by atoms with Crippen molar-refractivity contribution in [1.29, 1.82) is 0 Å². The van der Waals surface area contributed by atoms with Crippen molar-refractivity contribution in [3.63, 3.8) is 0 Å². The van der Waals surface area contributed by atoms with Gasteiger partial charge >= 0.3 is 0 Å². The van der Waals surface area contributed by atoms with E-state index in [0.29, 0.717) is 29.0 Å². The van der Waals surface area contributed by atoms with Crippen molar-refractivity contribution in [1.82, 2.24) is 19.7 Å². The Bertz CT molecular complexity index is 1170. The number of nitrogens with zero attached hydrogens (tertiary/aromatic N) is 4. The number of rotatable bonds is 7. The van der Waals surface area contributed by atoms with Crippen LogP contribution in [0.15, 0.2) is 42.5 Å². The van der Waals surface area contributed by atoms with E-state index >= 15 is 0 Å². The molecule has 37 heavy (non-hydrogen) atoms. The molecule has 0 aromatic heterocycles. The highest BCUT2D eigenvalue weighted by Crippen LogP contribution is 2.34. The quantitative estimate of drug-likeness (QED) is 0.350. The zero-order valence-electron chi connectivity index (χ0n) is 21.6. The topological polar surface area (TPSA) is 99.4 Å². The van der Waals surface area contributed by atoms with Gasteiger partial charge in [0.15, 0.2) is 0 Å². The van der Waals surface area contributed by atoms with Gasteiger partial charge in [0, 0.05) is 56.3 Å². The van der Waals surface area contributed by atoms with Crippen molar-refractivity contribution in [2.24, 2.45) is 5.84 Å². The van der Waals surface area contributed by atoms with Gasteiger partial charge in [0.2, 0.25) is 5.91 Å². The predicted octanol–water partition coefficient (Wildman–Crippen LogP) is 2.14. The number of hydrogen-bond acceptors (Lipinski definition) is 7. The molecule has 3 amide bonds. The van der Waals surface area contributed by atoms with Crippen LogP contribution >= 0.6 is 0 Å². The monoisotopic (exact) mass is 505 g/mol. The molecule has 1 unspecified atom stereocenters. The number of benzene rings is 2. The van der Waals surface area contributed by atoms with Crippen molar-refractivity contribution in [2.45, 2.75) is 58.5 Å². The summed E-state index contributed by atoms with van der Waals surface area (Å²) in [6.07, 6.45) is 0.418. The molecule has 0 spiro atoms. The number of ether oxygens (including phenoxy) is 1. The van der Waals surface area contributed by atoms with Crippen LogP contribution in [0.3, 0.4) is 0 Å². The minimum absolute atomic E-state index is 0.139. The van der Waals surface area contributed by atoms with Gasteiger partial charge in [0.1, 0.15) is 18.4 Å². The number of carbonyl (C=O) groups is 3. The van der Waals surface area contributed by atoms with Crippen molar-refractivity contribution in [2.75, 3.05) is 26.2 Å². The highest BCUT2D eigenvalue weighted by atomic mass is 16.5. The number of hydrogen-bond donors (Lipinski definition) is 1. The van der Waals surface area contributed by atoms with Crippen LogP contribution in [0.2, 0.25) is 0 Å². The lowest BCUT2D eigenvalue weighted by Gasteiger charge is -2.36. The molecule has 3 heterocycles. The van der Waals surface area contributed by atoms with Gasteiger partial charge < -0.3 is 9.64 Å². The number of piperidine rings is 1. The van der Waals surface area contributed by atoms with Crippen LogP contribution in [-0.4, -0.2) is 75.7 Å². The van der Waals surface area contributed by atoms with Gasteiger partial charge in [0.05, 0.1) is 6.54 Å². The van der Waals surface area contributed by atoms with Crippen molar-refractivity contribution < 1.29 is 19.1 Å². The van der Waals surface area contributed by atoms with Gasteiger partial charge in [-0.3, -0.25) is 24.2 Å². The first-order chi connectivity index (χ1) is 17.8. The molecular formula is C28H35N5O4. The summed E-state index contributed by atoms with van der Waals surface area (Å²) in [4.78, 5) is 43.9. The van der Waals surface area contributed by atoms with Crippen LogP contribution in [0.5, 0.6) is 5.75 Å². The average molecular weight is 506 g/mol. The van der Waals surface area contributed by atoms with Crippen LogP contribution in [-0.2, 0) is 29.3 Å². The van der Waals surface area contributed by atoms with Crippen LogP contribution < -0.4 is 10.6 Å². The van der Waals surface area contributed by atoms with E-state index in [0.717, 1.165) is 43.9 Å². The Hall–Kier alpha value is -3.27. The average Bonchev–Trinajstić information content (AvgIpc) is 3.24. The first-order valence-corrected chi connectivity index (χ1v) is 13.0. The molecule has 3 aliphatic heterocycles. The maximum absolute atomic E-state index is 13.1. The van der Waals surface area contributed by atoms with E-state index in [2.05, 4.69) is 47.9 Å². The molecule has 9 nitrogen and oxygen atoms in total.